The average molecular weight is 298 g/mol. The van der Waals surface area contributed by atoms with E-state index < -0.39 is 0 Å². The number of hydrogen-bond acceptors (Lipinski definition) is 2. The zero-order valence-corrected chi connectivity index (χ0v) is 11.7. The van der Waals surface area contributed by atoms with Gasteiger partial charge >= 0.3 is 0 Å². The second-order valence-corrected chi connectivity index (χ2v) is 5.29. The van der Waals surface area contributed by atoms with Crippen molar-refractivity contribution in [2.75, 3.05) is 25.0 Å². The van der Waals surface area contributed by atoms with Crippen LogP contribution in [0.1, 0.15) is 18.4 Å². The maximum atomic E-state index is 5.72. The molecule has 1 aliphatic rings. The smallest absolute Gasteiger partial charge is 0.0717 e. The van der Waals surface area contributed by atoms with Crippen LogP contribution in [0.2, 0.25) is 0 Å². The Hall–Kier alpha value is -0.380. The fourth-order valence-corrected chi connectivity index (χ4v) is 2.43. The Morgan fingerprint density at radius 1 is 1.18 bits per heavy atom. The van der Waals surface area contributed by atoms with E-state index in [2.05, 4.69) is 45.1 Å². The normalized spacial score (nSPS) is 15.4. The molecule has 3 heteroatoms. The predicted octanol–water partition coefficient (Wildman–Crippen LogP) is 3.06. The van der Waals surface area contributed by atoms with Gasteiger partial charge in [-0.15, -0.1) is 0 Å². The lowest BCUT2D eigenvalue weighted by Gasteiger charge is -2.20. The Bertz CT molecular complexity index is 313. The molecule has 17 heavy (non-hydrogen) atoms. The van der Waals surface area contributed by atoms with E-state index in [0.717, 1.165) is 37.7 Å². The summed E-state index contributed by atoms with van der Waals surface area (Å²) in [6.07, 6.45) is 2.73. The molecular formula is C14H20BrNO. The van der Waals surface area contributed by atoms with E-state index >= 15 is 0 Å². The summed E-state index contributed by atoms with van der Waals surface area (Å²) in [6, 6.07) is 11.2. The van der Waals surface area contributed by atoms with Gasteiger partial charge in [0, 0.05) is 24.5 Å². The first kappa shape index (κ1) is 13.1. The highest BCUT2D eigenvalue weighted by Crippen LogP contribution is 2.26. The fraction of sp³-hybridized carbons (Fsp3) is 0.571. The molecule has 94 valence electrons. The molecule has 0 amide bonds. The number of rotatable bonds is 8. The van der Waals surface area contributed by atoms with Crippen LogP contribution in [0.4, 0.5) is 0 Å². The van der Waals surface area contributed by atoms with Gasteiger partial charge in [0.2, 0.25) is 0 Å². The van der Waals surface area contributed by atoms with Gasteiger partial charge in [-0.1, -0.05) is 46.3 Å². The predicted molar refractivity (Wildman–Crippen MR) is 74.5 cm³/mol. The number of hydrogen-bond donors (Lipinski definition) is 0. The van der Waals surface area contributed by atoms with Gasteiger partial charge in [-0.2, -0.15) is 0 Å². The van der Waals surface area contributed by atoms with Gasteiger partial charge in [0.15, 0.2) is 0 Å². The highest BCUT2D eigenvalue weighted by atomic mass is 79.9. The molecule has 0 atom stereocenters. The van der Waals surface area contributed by atoms with Crippen LogP contribution in [-0.4, -0.2) is 36.0 Å². The van der Waals surface area contributed by atoms with Gasteiger partial charge in [-0.3, -0.25) is 4.90 Å². The lowest BCUT2D eigenvalue weighted by Crippen LogP contribution is -2.31. The standard InChI is InChI=1S/C14H20BrNO/c15-8-9-16(14-6-7-14)10-11-17-12-13-4-2-1-3-5-13/h1-5,14H,6-12H2. The number of nitrogens with zero attached hydrogens (tertiary/aromatic N) is 1. The lowest BCUT2D eigenvalue weighted by molar-refractivity contribution is 0.0922. The molecule has 0 N–H and O–H groups in total. The summed E-state index contributed by atoms with van der Waals surface area (Å²) in [7, 11) is 0. The highest BCUT2D eigenvalue weighted by molar-refractivity contribution is 9.09. The van der Waals surface area contributed by atoms with E-state index in [1.54, 1.807) is 0 Å². The summed E-state index contributed by atoms with van der Waals surface area (Å²) in [5.41, 5.74) is 1.26. The Labute approximate surface area is 112 Å². The van der Waals surface area contributed by atoms with Crippen molar-refractivity contribution >= 4 is 15.9 Å². The van der Waals surface area contributed by atoms with E-state index in [9.17, 15) is 0 Å². The highest BCUT2D eigenvalue weighted by Gasteiger charge is 2.27. The number of ether oxygens (including phenoxy) is 1. The van der Waals surface area contributed by atoms with Gasteiger partial charge in [0.05, 0.1) is 13.2 Å². The van der Waals surface area contributed by atoms with Crippen LogP contribution in [0.15, 0.2) is 30.3 Å². The average Bonchev–Trinajstić information content (AvgIpc) is 3.19. The number of alkyl halides is 1. The Morgan fingerprint density at radius 3 is 2.59 bits per heavy atom. The van der Waals surface area contributed by atoms with Crippen molar-refractivity contribution in [2.45, 2.75) is 25.5 Å². The van der Waals surface area contributed by atoms with Crippen LogP contribution in [0.25, 0.3) is 0 Å². The molecule has 0 aliphatic heterocycles. The summed E-state index contributed by atoms with van der Waals surface area (Å²) in [6.45, 7) is 3.76. The summed E-state index contributed by atoms with van der Waals surface area (Å²) >= 11 is 3.51. The molecule has 2 rings (SSSR count). The topological polar surface area (TPSA) is 12.5 Å². The zero-order valence-electron chi connectivity index (χ0n) is 10.1. The summed E-state index contributed by atoms with van der Waals surface area (Å²) in [5.74, 6) is 0. The molecule has 0 aromatic heterocycles. The van der Waals surface area contributed by atoms with Gasteiger partial charge in [-0.25, -0.2) is 0 Å². The minimum atomic E-state index is 0.730. The van der Waals surface area contributed by atoms with Gasteiger partial charge < -0.3 is 4.74 Å². The maximum absolute atomic E-state index is 5.72. The zero-order chi connectivity index (χ0) is 11.9. The monoisotopic (exact) mass is 297 g/mol. The third kappa shape index (κ3) is 4.78. The molecule has 1 saturated carbocycles. The van der Waals surface area contributed by atoms with E-state index in [4.69, 9.17) is 4.74 Å². The molecule has 0 spiro atoms. The van der Waals surface area contributed by atoms with Crippen LogP contribution in [0.5, 0.6) is 0 Å². The first-order chi connectivity index (χ1) is 8.40. The van der Waals surface area contributed by atoms with Crippen molar-refractivity contribution in [1.29, 1.82) is 0 Å². The summed E-state index contributed by atoms with van der Waals surface area (Å²) in [4.78, 5) is 2.53. The number of benzene rings is 1. The molecule has 0 unspecified atom stereocenters. The van der Waals surface area contributed by atoms with Crippen molar-refractivity contribution in [3.05, 3.63) is 35.9 Å². The quantitative estimate of drug-likeness (QED) is 0.540. The van der Waals surface area contributed by atoms with Gasteiger partial charge in [-0.05, 0) is 18.4 Å². The molecule has 2 nitrogen and oxygen atoms in total. The van der Waals surface area contributed by atoms with Crippen LogP contribution >= 0.6 is 15.9 Å². The third-order valence-electron chi connectivity index (χ3n) is 3.07. The lowest BCUT2D eigenvalue weighted by atomic mass is 10.2. The molecule has 0 bridgehead atoms. The molecular weight excluding hydrogens is 278 g/mol. The molecule has 0 heterocycles. The van der Waals surface area contributed by atoms with Crippen molar-refractivity contribution < 1.29 is 4.74 Å². The van der Waals surface area contributed by atoms with Crippen LogP contribution in [0, 0.1) is 0 Å². The van der Waals surface area contributed by atoms with E-state index in [1.165, 1.54) is 18.4 Å². The largest absolute Gasteiger partial charge is 0.375 e. The second-order valence-electron chi connectivity index (χ2n) is 4.49. The molecule has 1 fully saturated rings. The SMILES string of the molecule is BrCCN(CCOCc1ccccc1)C1CC1. The van der Waals surface area contributed by atoms with E-state index in [1.807, 2.05) is 6.07 Å². The molecule has 0 radical (unpaired) electrons. The van der Waals surface area contributed by atoms with Crippen LogP contribution in [-0.2, 0) is 11.3 Å². The number of halogens is 1. The summed E-state index contributed by atoms with van der Waals surface area (Å²) < 4.78 is 5.72. The first-order valence-corrected chi connectivity index (χ1v) is 7.44. The van der Waals surface area contributed by atoms with Crippen molar-refractivity contribution in [2.24, 2.45) is 0 Å². The van der Waals surface area contributed by atoms with Gasteiger partial charge in [0.1, 0.15) is 0 Å². The minimum absolute atomic E-state index is 0.730. The first-order valence-electron chi connectivity index (χ1n) is 6.32. The van der Waals surface area contributed by atoms with Crippen molar-refractivity contribution in [1.82, 2.24) is 4.90 Å². The van der Waals surface area contributed by atoms with E-state index in [0.29, 0.717) is 0 Å². The molecule has 1 aromatic carbocycles. The Morgan fingerprint density at radius 2 is 1.94 bits per heavy atom. The summed E-state index contributed by atoms with van der Waals surface area (Å²) in [5, 5.41) is 1.06. The fourth-order valence-electron chi connectivity index (χ4n) is 1.97. The molecule has 1 aliphatic carbocycles. The van der Waals surface area contributed by atoms with E-state index in [-0.39, 0.29) is 0 Å². The van der Waals surface area contributed by atoms with Crippen LogP contribution < -0.4 is 0 Å². The Balaban J connectivity index is 1.61. The molecule has 0 saturated heterocycles. The molecule has 1 aromatic rings. The van der Waals surface area contributed by atoms with Crippen molar-refractivity contribution in [3.8, 4) is 0 Å². The minimum Gasteiger partial charge on any atom is -0.375 e. The Kier molecular flexibility index (Phi) is 5.49. The second kappa shape index (κ2) is 7.14. The van der Waals surface area contributed by atoms with Crippen LogP contribution in [0.3, 0.4) is 0 Å². The maximum Gasteiger partial charge on any atom is 0.0717 e. The van der Waals surface area contributed by atoms with Crippen molar-refractivity contribution in [3.63, 3.8) is 0 Å². The van der Waals surface area contributed by atoms with Gasteiger partial charge in [0.25, 0.3) is 0 Å². The third-order valence-corrected chi connectivity index (χ3v) is 3.42.